The Kier molecular flexibility index (Phi) is 5.33. The van der Waals surface area contributed by atoms with E-state index in [2.05, 4.69) is 18.5 Å². The molecule has 0 heterocycles. The molecule has 1 fully saturated rings. The molecule has 0 aliphatic heterocycles. The molecule has 0 radical (unpaired) electrons. The van der Waals surface area contributed by atoms with E-state index in [4.69, 9.17) is 4.74 Å². The van der Waals surface area contributed by atoms with Gasteiger partial charge in [0.2, 0.25) is 0 Å². The molecule has 1 aromatic carbocycles. The monoisotopic (exact) mass is 297 g/mol. The van der Waals surface area contributed by atoms with Gasteiger partial charge in [-0.3, -0.25) is 0 Å². The fourth-order valence-corrected chi connectivity index (χ4v) is 3.80. The van der Waals surface area contributed by atoms with Crippen LogP contribution in [0, 0.1) is 5.82 Å². The van der Waals surface area contributed by atoms with Gasteiger partial charge >= 0.3 is 0 Å². The molecule has 2 rings (SSSR count). The molecule has 2 nitrogen and oxygen atoms in total. The SMILES string of the molecule is COc1cc(C(C)NCC2(SC)CCCC2)ccc1F. The summed E-state index contributed by atoms with van der Waals surface area (Å²) in [6.45, 7) is 3.13. The van der Waals surface area contributed by atoms with Crippen LogP contribution in [0.3, 0.4) is 0 Å². The summed E-state index contributed by atoms with van der Waals surface area (Å²) < 4.78 is 18.9. The number of nitrogens with one attached hydrogen (secondary N) is 1. The van der Waals surface area contributed by atoms with Gasteiger partial charge in [0.15, 0.2) is 11.6 Å². The molecule has 1 N–H and O–H groups in total. The van der Waals surface area contributed by atoms with Gasteiger partial charge in [-0.2, -0.15) is 11.8 Å². The summed E-state index contributed by atoms with van der Waals surface area (Å²) in [6, 6.07) is 5.30. The van der Waals surface area contributed by atoms with E-state index in [0.717, 1.165) is 12.1 Å². The molecule has 1 aliphatic carbocycles. The minimum Gasteiger partial charge on any atom is -0.494 e. The van der Waals surface area contributed by atoms with E-state index in [1.807, 2.05) is 17.8 Å². The molecule has 4 heteroatoms. The highest BCUT2D eigenvalue weighted by Gasteiger charge is 2.32. The van der Waals surface area contributed by atoms with Gasteiger partial charge in [0.1, 0.15) is 0 Å². The summed E-state index contributed by atoms with van der Waals surface area (Å²) in [4.78, 5) is 0. The van der Waals surface area contributed by atoms with Crippen molar-refractivity contribution in [3.05, 3.63) is 29.6 Å². The number of ether oxygens (including phenoxy) is 1. The first-order chi connectivity index (χ1) is 9.60. The van der Waals surface area contributed by atoms with E-state index in [-0.39, 0.29) is 11.9 Å². The Morgan fingerprint density at radius 3 is 2.70 bits per heavy atom. The Hall–Kier alpha value is -0.740. The summed E-state index contributed by atoms with van der Waals surface area (Å²) in [5.74, 6) is 0.0106. The molecule has 1 unspecified atom stereocenters. The molecule has 1 aliphatic rings. The molecule has 0 saturated heterocycles. The number of rotatable bonds is 6. The van der Waals surface area contributed by atoms with Gasteiger partial charge in [0.05, 0.1) is 7.11 Å². The summed E-state index contributed by atoms with van der Waals surface area (Å²) in [6.07, 6.45) is 7.46. The molecule has 20 heavy (non-hydrogen) atoms. The average molecular weight is 297 g/mol. The van der Waals surface area contributed by atoms with Crippen molar-refractivity contribution in [1.82, 2.24) is 5.32 Å². The normalized spacial score (nSPS) is 19.0. The van der Waals surface area contributed by atoms with E-state index < -0.39 is 0 Å². The van der Waals surface area contributed by atoms with E-state index in [1.54, 1.807) is 6.07 Å². The maximum Gasteiger partial charge on any atom is 0.165 e. The molecule has 1 atom stereocenters. The lowest BCUT2D eigenvalue weighted by molar-refractivity contribution is 0.384. The van der Waals surface area contributed by atoms with Gasteiger partial charge in [-0.1, -0.05) is 18.9 Å². The number of halogens is 1. The van der Waals surface area contributed by atoms with Gasteiger partial charge in [-0.15, -0.1) is 0 Å². The third-order valence-electron chi connectivity index (χ3n) is 4.35. The average Bonchev–Trinajstić information content (AvgIpc) is 2.95. The van der Waals surface area contributed by atoms with Gasteiger partial charge in [0, 0.05) is 17.3 Å². The number of methoxy groups -OCH3 is 1. The zero-order valence-electron chi connectivity index (χ0n) is 12.5. The molecule has 0 amide bonds. The highest BCUT2D eigenvalue weighted by Crippen LogP contribution is 2.40. The van der Waals surface area contributed by atoms with E-state index >= 15 is 0 Å². The molecule has 1 saturated carbocycles. The van der Waals surface area contributed by atoms with Crippen LogP contribution in [-0.4, -0.2) is 24.7 Å². The highest BCUT2D eigenvalue weighted by molar-refractivity contribution is 8.00. The van der Waals surface area contributed by atoms with Crippen LogP contribution in [0.4, 0.5) is 4.39 Å². The number of hydrogen-bond donors (Lipinski definition) is 1. The maximum absolute atomic E-state index is 13.4. The molecule has 1 aromatic rings. The summed E-state index contributed by atoms with van der Waals surface area (Å²) in [5.41, 5.74) is 1.07. The zero-order chi connectivity index (χ0) is 14.6. The molecular weight excluding hydrogens is 273 g/mol. The van der Waals surface area contributed by atoms with E-state index in [9.17, 15) is 4.39 Å². The van der Waals surface area contributed by atoms with Crippen LogP contribution in [0.25, 0.3) is 0 Å². The third kappa shape index (κ3) is 3.47. The van der Waals surface area contributed by atoms with Crippen molar-refractivity contribution < 1.29 is 9.13 Å². The van der Waals surface area contributed by atoms with Crippen molar-refractivity contribution in [2.75, 3.05) is 19.9 Å². The predicted octanol–water partition coefficient (Wildman–Crippen LogP) is 4.16. The lowest BCUT2D eigenvalue weighted by Gasteiger charge is -2.29. The van der Waals surface area contributed by atoms with Crippen molar-refractivity contribution in [3.8, 4) is 5.75 Å². The lowest BCUT2D eigenvalue weighted by Crippen LogP contribution is -2.36. The predicted molar refractivity (Wildman–Crippen MR) is 84.1 cm³/mol. The second-order valence-corrected chi connectivity index (χ2v) is 6.87. The van der Waals surface area contributed by atoms with Crippen LogP contribution in [0.2, 0.25) is 0 Å². The highest BCUT2D eigenvalue weighted by atomic mass is 32.2. The minimum absolute atomic E-state index is 0.203. The molecular formula is C16H24FNOS. The Labute approximate surface area is 125 Å². The minimum atomic E-state index is -0.306. The maximum atomic E-state index is 13.4. The van der Waals surface area contributed by atoms with Crippen molar-refractivity contribution in [3.63, 3.8) is 0 Å². The van der Waals surface area contributed by atoms with Gasteiger partial charge in [-0.05, 0) is 43.7 Å². The van der Waals surface area contributed by atoms with Crippen LogP contribution in [-0.2, 0) is 0 Å². The lowest BCUT2D eigenvalue weighted by atomic mass is 10.0. The van der Waals surface area contributed by atoms with E-state index in [0.29, 0.717) is 10.5 Å². The molecule has 0 bridgehead atoms. The van der Waals surface area contributed by atoms with Crippen LogP contribution in [0.15, 0.2) is 18.2 Å². The summed E-state index contributed by atoms with van der Waals surface area (Å²) in [7, 11) is 1.50. The fraction of sp³-hybridized carbons (Fsp3) is 0.625. The Bertz CT molecular complexity index is 446. The second-order valence-electron chi connectivity index (χ2n) is 5.59. The first kappa shape index (κ1) is 15.6. The zero-order valence-corrected chi connectivity index (χ0v) is 13.4. The van der Waals surface area contributed by atoms with Crippen LogP contribution >= 0.6 is 11.8 Å². The van der Waals surface area contributed by atoms with Crippen LogP contribution in [0.5, 0.6) is 5.75 Å². The van der Waals surface area contributed by atoms with E-state index in [1.165, 1.54) is 38.9 Å². The Morgan fingerprint density at radius 1 is 1.40 bits per heavy atom. The van der Waals surface area contributed by atoms with Crippen molar-refractivity contribution in [1.29, 1.82) is 0 Å². The topological polar surface area (TPSA) is 21.3 Å². The Balaban J connectivity index is 1.99. The number of thioether (sulfide) groups is 1. The fourth-order valence-electron chi connectivity index (χ4n) is 2.88. The third-order valence-corrected chi connectivity index (χ3v) is 5.77. The summed E-state index contributed by atoms with van der Waals surface area (Å²) >= 11 is 1.98. The molecule has 0 spiro atoms. The van der Waals surface area contributed by atoms with Gasteiger partial charge in [0.25, 0.3) is 0 Å². The smallest absolute Gasteiger partial charge is 0.165 e. The van der Waals surface area contributed by atoms with Crippen LogP contribution < -0.4 is 10.1 Å². The largest absolute Gasteiger partial charge is 0.494 e. The molecule has 112 valence electrons. The number of hydrogen-bond acceptors (Lipinski definition) is 3. The first-order valence-electron chi connectivity index (χ1n) is 7.22. The van der Waals surface area contributed by atoms with Crippen molar-refractivity contribution >= 4 is 11.8 Å². The van der Waals surface area contributed by atoms with Crippen LogP contribution in [0.1, 0.15) is 44.2 Å². The van der Waals surface area contributed by atoms with Crippen molar-refractivity contribution in [2.24, 2.45) is 0 Å². The molecule has 0 aromatic heterocycles. The quantitative estimate of drug-likeness (QED) is 0.852. The first-order valence-corrected chi connectivity index (χ1v) is 8.45. The van der Waals surface area contributed by atoms with Gasteiger partial charge in [-0.25, -0.2) is 4.39 Å². The number of benzene rings is 1. The second kappa shape index (κ2) is 6.81. The Morgan fingerprint density at radius 2 is 2.10 bits per heavy atom. The van der Waals surface area contributed by atoms with Crippen molar-refractivity contribution in [2.45, 2.75) is 43.4 Å². The van der Waals surface area contributed by atoms with Gasteiger partial charge < -0.3 is 10.1 Å². The standard InChI is InChI=1S/C16H24FNOS/c1-12(13-6-7-14(17)15(10-13)19-2)18-11-16(20-3)8-4-5-9-16/h6-7,10,12,18H,4-5,8-9,11H2,1-3H3. The summed E-state index contributed by atoms with van der Waals surface area (Å²) in [5, 5.41) is 3.60.